The van der Waals surface area contributed by atoms with Crippen LogP contribution >= 0.6 is 11.3 Å². The molecule has 2 aromatic carbocycles. The van der Waals surface area contributed by atoms with Gasteiger partial charge in [-0.15, -0.1) is 11.3 Å². The Hall–Kier alpha value is -3.32. The summed E-state index contributed by atoms with van der Waals surface area (Å²) < 4.78 is 15.7. The summed E-state index contributed by atoms with van der Waals surface area (Å²) >= 11 is 1.58. The van der Waals surface area contributed by atoms with Crippen molar-refractivity contribution >= 4 is 23.3 Å². The van der Waals surface area contributed by atoms with Gasteiger partial charge in [0.2, 0.25) is 5.91 Å². The number of amides is 1. The second-order valence-electron chi connectivity index (χ2n) is 6.36. The fraction of sp³-hybridized carbons (Fsp3) is 0.217. The maximum absolute atomic E-state index is 12.1. The molecular weight excluding hydrogens is 400 g/mol. The van der Waals surface area contributed by atoms with E-state index < -0.39 is 0 Å². The second kappa shape index (κ2) is 10.5. The summed E-state index contributed by atoms with van der Waals surface area (Å²) in [6.45, 7) is 0.510. The Morgan fingerprint density at radius 2 is 1.90 bits per heavy atom. The lowest BCUT2D eigenvalue weighted by Crippen LogP contribution is -2.23. The number of hydrogen-bond acceptors (Lipinski definition) is 6. The van der Waals surface area contributed by atoms with Gasteiger partial charge in [-0.2, -0.15) is 0 Å². The van der Waals surface area contributed by atoms with Crippen molar-refractivity contribution in [1.29, 1.82) is 0 Å². The molecule has 1 heterocycles. The third kappa shape index (κ3) is 5.61. The minimum atomic E-state index is -0.159. The highest BCUT2D eigenvalue weighted by molar-refractivity contribution is 7.13. The van der Waals surface area contributed by atoms with Crippen LogP contribution in [0.3, 0.4) is 0 Å². The molecule has 0 unspecified atom stereocenters. The molecule has 0 aliphatic heterocycles. The number of nitrogens with zero attached hydrogens (tertiary/aromatic N) is 1. The van der Waals surface area contributed by atoms with Gasteiger partial charge in [-0.3, -0.25) is 4.79 Å². The fourth-order valence-corrected chi connectivity index (χ4v) is 3.66. The maximum atomic E-state index is 12.1. The third-order valence-corrected chi connectivity index (χ3v) is 5.32. The number of thiazole rings is 1. The summed E-state index contributed by atoms with van der Waals surface area (Å²) in [7, 11) is 4.81. The normalized spacial score (nSPS) is 10.8. The van der Waals surface area contributed by atoms with Crippen LogP contribution in [0.15, 0.2) is 53.9 Å². The Morgan fingerprint density at radius 3 is 2.67 bits per heavy atom. The van der Waals surface area contributed by atoms with Crippen molar-refractivity contribution in [2.75, 3.05) is 27.9 Å². The number of methoxy groups -OCH3 is 3. The van der Waals surface area contributed by atoms with Gasteiger partial charge < -0.3 is 19.5 Å². The third-order valence-electron chi connectivity index (χ3n) is 4.38. The maximum Gasteiger partial charge on any atom is 0.244 e. The van der Waals surface area contributed by atoms with E-state index >= 15 is 0 Å². The highest BCUT2D eigenvalue weighted by Gasteiger charge is 2.07. The van der Waals surface area contributed by atoms with Crippen molar-refractivity contribution in [2.24, 2.45) is 0 Å². The summed E-state index contributed by atoms with van der Waals surface area (Å²) in [6.07, 6.45) is 3.90. The lowest BCUT2D eigenvalue weighted by Gasteiger charge is -2.07. The largest absolute Gasteiger partial charge is 0.497 e. The second-order valence-corrected chi connectivity index (χ2v) is 7.22. The molecule has 3 aromatic rings. The van der Waals surface area contributed by atoms with E-state index in [9.17, 15) is 4.79 Å². The van der Waals surface area contributed by atoms with E-state index in [-0.39, 0.29) is 5.91 Å². The molecule has 0 saturated carbocycles. The molecule has 0 aliphatic carbocycles. The topological polar surface area (TPSA) is 69.7 Å². The molecule has 0 fully saturated rings. The molecule has 6 nitrogen and oxygen atoms in total. The van der Waals surface area contributed by atoms with Crippen LogP contribution in [0.5, 0.6) is 17.2 Å². The molecule has 156 valence electrons. The quantitative estimate of drug-likeness (QED) is 0.521. The monoisotopic (exact) mass is 424 g/mol. The average Bonchev–Trinajstić information content (AvgIpc) is 3.26. The van der Waals surface area contributed by atoms with Crippen molar-refractivity contribution in [3.63, 3.8) is 0 Å². The number of rotatable bonds is 9. The zero-order chi connectivity index (χ0) is 21.3. The number of carbonyl (C=O) groups excluding carboxylic acids is 1. The van der Waals surface area contributed by atoms with E-state index in [0.29, 0.717) is 24.5 Å². The van der Waals surface area contributed by atoms with E-state index in [1.165, 1.54) is 6.08 Å². The summed E-state index contributed by atoms with van der Waals surface area (Å²) in [5.74, 6) is 1.91. The molecule has 0 aliphatic rings. The molecule has 0 bridgehead atoms. The van der Waals surface area contributed by atoms with E-state index in [4.69, 9.17) is 14.2 Å². The van der Waals surface area contributed by atoms with E-state index in [1.54, 1.807) is 44.8 Å². The molecule has 7 heteroatoms. The Morgan fingerprint density at radius 1 is 1.07 bits per heavy atom. The molecule has 0 saturated heterocycles. The van der Waals surface area contributed by atoms with Crippen LogP contribution in [0.25, 0.3) is 16.6 Å². The SMILES string of the molecule is COc1cccc(-c2nc(CCNC(=O)/C=C/c3ccc(OC)c(OC)c3)cs2)c1. The van der Waals surface area contributed by atoms with Gasteiger partial charge in [0.1, 0.15) is 10.8 Å². The van der Waals surface area contributed by atoms with Crippen LogP contribution in [0.1, 0.15) is 11.3 Å². The first-order chi connectivity index (χ1) is 14.6. The Bertz CT molecular complexity index is 1030. The first kappa shape index (κ1) is 21.4. The predicted molar refractivity (Wildman–Crippen MR) is 119 cm³/mol. The number of hydrogen-bond donors (Lipinski definition) is 1. The van der Waals surface area contributed by atoms with Crippen molar-refractivity contribution in [2.45, 2.75) is 6.42 Å². The predicted octanol–water partition coefficient (Wildman–Crippen LogP) is 4.21. The number of ether oxygens (including phenoxy) is 3. The van der Waals surface area contributed by atoms with Crippen LogP contribution in [0, 0.1) is 0 Å². The van der Waals surface area contributed by atoms with Gasteiger partial charge >= 0.3 is 0 Å². The summed E-state index contributed by atoms with van der Waals surface area (Å²) in [5.41, 5.74) is 2.82. The summed E-state index contributed by atoms with van der Waals surface area (Å²) in [4.78, 5) is 16.7. The smallest absolute Gasteiger partial charge is 0.244 e. The molecule has 0 spiro atoms. The van der Waals surface area contributed by atoms with Gasteiger partial charge in [-0.05, 0) is 35.9 Å². The summed E-state index contributed by atoms with van der Waals surface area (Å²) in [5, 5.41) is 5.83. The molecule has 1 aromatic heterocycles. The lowest BCUT2D eigenvalue weighted by atomic mass is 10.2. The Labute approximate surface area is 180 Å². The number of carbonyl (C=O) groups is 1. The molecule has 30 heavy (non-hydrogen) atoms. The van der Waals surface area contributed by atoms with Crippen LogP contribution < -0.4 is 19.5 Å². The zero-order valence-electron chi connectivity index (χ0n) is 17.2. The number of benzene rings is 2. The van der Waals surface area contributed by atoms with E-state index in [2.05, 4.69) is 10.3 Å². The first-order valence-electron chi connectivity index (χ1n) is 9.39. The fourth-order valence-electron chi connectivity index (χ4n) is 2.81. The molecule has 1 amide bonds. The minimum absolute atomic E-state index is 0.159. The number of aromatic nitrogens is 1. The highest BCUT2D eigenvalue weighted by atomic mass is 32.1. The van der Waals surface area contributed by atoms with Gasteiger partial charge in [0.25, 0.3) is 0 Å². The van der Waals surface area contributed by atoms with E-state index in [1.807, 2.05) is 41.8 Å². The average molecular weight is 425 g/mol. The Kier molecular flexibility index (Phi) is 7.45. The van der Waals surface area contributed by atoms with Crippen molar-refractivity contribution < 1.29 is 19.0 Å². The molecule has 0 radical (unpaired) electrons. The van der Waals surface area contributed by atoms with Crippen LogP contribution in [0.4, 0.5) is 0 Å². The number of nitrogens with one attached hydrogen (secondary N) is 1. The van der Waals surface area contributed by atoms with Gasteiger partial charge in [0, 0.05) is 30.0 Å². The van der Waals surface area contributed by atoms with Crippen molar-refractivity contribution in [3.05, 3.63) is 65.2 Å². The van der Waals surface area contributed by atoms with Crippen molar-refractivity contribution in [3.8, 4) is 27.8 Å². The molecule has 0 atom stereocenters. The van der Waals surface area contributed by atoms with Crippen LogP contribution in [0.2, 0.25) is 0 Å². The van der Waals surface area contributed by atoms with Gasteiger partial charge in [0.05, 0.1) is 27.0 Å². The first-order valence-corrected chi connectivity index (χ1v) is 10.3. The van der Waals surface area contributed by atoms with Gasteiger partial charge in [-0.25, -0.2) is 4.98 Å². The highest BCUT2D eigenvalue weighted by Crippen LogP contribution is 2.28. The lowest BCUT2D eigenvalue weighted by molar-refractivity contribution is -0.116. The molecule has 3 rings (SSSR count). The van der Waals surface area contributed by atoms with Crippen LogP contribution in [-0.4, -0.2) is 38.8 Å². The van der Waals surface area contributed by atoms with Gasteiger partial charge in [-0.1, -0.05) is 18.2 Å². The minimum Gasteiger partial charge on any atom is -0.497 e. The molecule has 1 N–H and O–H groups in total. The zero-order valence-corrected chi connectivity index (χ0v) is 18.0. The van der Waals surface area contributed by atoms with Gasteiger partial charge in [0.15, 0.2) is 11.5 Å². The molecular formula is C23H24N2O4S. The Balaban J connectivity index is 1.51. The summed E-state index contributed by atoms with van der Waals surface area (Å²) in [6, 6.07) is 13.3. The van der Waals surface area contributed by atoms with E-state index in [0.717, 1.165) is 27.6 Å². The van der Waals surface area contributed by atoms with Crippen LogP contribution in [-0.2, 0) is 11.2 Å². The standard InChI is InChI=1S/C23H24N2O4S/c1-27-19-6-4-5-17(14-19)23-25-18(15-30-23)11-12-24-22(26)10-8-16-7-9-20(28-2)21(13-16)29-3/h4-10,13-15H,11-12H2,1-3H3,(H,24,26)/b10-8+. The van der Waals surface area contributed by atoms with Crippen molar-refractivity contribution in [1.82, 2.24) is 10.3 Å².